The van der Waals surface area contributed by atoms with Crippen LogP contribution in [-0.4, -0.2) is 33.6 Å². The average molecular weight is 234 g/mol. The number of carbonyl (C=O) groups is 1. The fourth-order valence-corrected chi connectivity index (χ4v) is 2.23. The highest BCUT2D eigenvalue weighted by Gasteiger charge is 2.29. The lowest BCUT2D eigenvalue weighted by Crippen LogP contribution is -2.46. The van der Waals surface area contributed by atoms with E-state index in [1.807, 2.05) is 4.90 Å². The molecule has 1 amide bonds. The summed E-state index contributed by atoms with van der Waals surface area (Å²) in [5.41, 5.74) is 5.83. The van der Waals surface area contributed by atoms with Crippen LogP contribution < -0.4 is 5.73 Å². The topological polar surface area (TPSA) is 72.1 Å². The van der Waals surface area contributed by atoms with Crippen molar-refractivity contribution in [3.05, 3.63) is 17.8 Å². The number of nitrogens with two attached hydrogens (primary N) is 1. The zero-order valence-electron chi connectivity index (χ0n) is 10.3. The van der Waals surface area contributed by atoms with Gasteiger partial charge in [-0.3, -0.25) is 4.79 Å². The molecule has 2 heterocycles. The van der Waals surface area contributed by atoms with Crippen LogP contribution in [0.25, 0.3) is 0 Å². The van der Waals surface area contributed by atoms with Crippen LogP contribution in [0.15, 0.2) is 12.1 Å². The van der Waals surface area contributed by atoms with Gasteiger partial charge in [0.2, 0.25) is 0 Å². The molecule has 0 spiro atoms. The molecule has 1 saturated heterocycles. The van der Waals surface area contributed by atoms with E-state index in [0.717, 1.165) is 13.0 Å². The fraction of sp³-hybridized carbons (Fsp3) is 0.583. The maximum absolute atomic E-state index is 12.2. The molecule has 5 nitrogen and oxygen atoms in total. The second-order valence-electron chi connectivity index (χ2n) is 4.70. The standard InChI is InChI=1S/C12H18N4O/c1-8-4-3-7-16(9(8)2)12(17)10-5-6-11(13)15-14-10/h5-6,8-9H,3-4,7H2,1-2H3,(H2,13,15). The van der Waals surface area contributed by atoms with Gasteiger partial charge in [0, 0.05) is 12.6 Å². The quantitative estimate of drug-likeness (QED) is 0.795. The van der Waals surface area contributed by atoms with Gasteiger partial charge in [0.1, 0.15) is 5.82 Å². The number of hydrogen-bond donors (Lipinski definition) is 1. The van der Waals surface area contributed by atoms with E-state index >= 15 is 0 Å². The van der Waals surface area contributed by atoms with Crippen molar-refractivity contribution in [2.24, 2.45) is 5.92 Å². The van der Waals surface area contributed by atoms with Crippen LogP contribution in [0.1, 0.15) is 37.2 Å². The van der Waals surface area contributed by atoms with Crippen molar-refractivity contribution in [2.75, 3.05) is 12.3 Å². The summed E-state index contributed by atoms with van der Waals surface area (Å²) in [6.07, 6.45) is 2.23. The van der Waals surface area contributed by atoms with E-state index in [9.17, 15) is 4.79 Å². The van der Waals surface area contributed by atoms with Crippen LogP contribution >= 0.6 is 0 Å². The second kappa shape index (κ2) is 4.69. The Morgan fingerprint density at radius 3 is 2.82 bits per heavy atom. The number of rotatable bonds is 1. The molecular formula is C12H18N4O. The number of piperidine rings is 1. The summed E-state index contributed by atoms with van der Waals surface area (Å²) in [5.74, 6) is 0.826. The van der Waals surface area contributed by atoms with Crippen molar-refractivity contribution in [1.29, 1.82) is 0 Å². The van der Waals surface area contributed by atoms with Gasteiger partial charge in [-0.15, -0.1) is 10.2 Å². The molecule has 1 aromatic heterocycles. The SMILES string of the molecule is CC1CCCN(C(=O)c2ccc(N)nn2)C1C. The molecule has 1 fully saturated rings. The van der Waals surface area contributed by atoms with Crippen molar-refractivity contribution in [3.63, 3.8) is 0 Å². The Bertz CT molecular complexity index is 403. The highest BCUT2D eigenvalue weighted by molar-refractivity contribution is 5.92. The molecule has 0 saturated carbocycles. The first-order valence-corrected chi connectivity index (χ1v) is 6.00. The molecule has 2 rings (SSSR count). The van der Waals surface area contributed by atoms with E-state index in [0.29, 0.717) is 17.4 Å². The number of nitrogens with zero attached hydrogens (tertiary/aromatic N) is 3. The zero-order valence-corrected chi connectivity index (χ0v) is 10.3. The van der Waals surface area contributed by atoms with Crippen molar-refractivity contribution in [3.8, 4) is 0 Å². The summed E-state index contributed by atoms with van der Waals surface area (Å²) in [7, 11) is 0. The first kappa shape index (κ1) is 11.8. The zero-order chi connectivity index (χ0) is 12.4. The molecule has 0 aliphatic carbocycles. The largest absolute Gasteiger partial charge is 0.382 e. The number of hydrogen-bond acceptors (Lipinski definition) is 4. The van der Waals surface area contributed by atoms with Crippen LogP contribution in [0.4, 0.5) is 5.82 Å². The molecule has 1 aromatic rings. The summed E-state index contributed by atoms with van der Waals surface area (Å²) in [5, 5.41) is 7.57. The van der Waals surface area contributed by atoms with Gasteiger partial charge in [-0.2, -0.15) is 0 Å². The Morgan fingerprint density at radius 2 is 2.18 bits per heavy atom. The smallest absolute Gasteiger partial charge is 0.274 e. The van der Waals surface area contributed by atoms with Gasteiger partial charge >= 0.3 is 0 Å². The number of amides is 1. The monoisotopic (exact) mass is 234 g/mol. The Labute approximate surface area is 101 Å². The lowest BCUT2D eigenvalue weighted by atomic mass is 9.92. The van der Waals surface area contributed by atoms with Gasteiger partial charge in [0.15, 0.2) is 5.69 Å². The molecule has 17 heavy (non-hydrogen) atoms. The minimum Gasteiger partial charge on any atom is -0.382 e. The third kappa shape index (κ3) is 2.38. The highest BCUT2D eigenvalue weighted by Crippen LogP contribution is 2.23. The van der Waals surface area contributed by atoms with Crippen LogP contribution in [-0.2, 0) is 0 Å². The van der Waals surface area contributed by atoms with Gasteiger partial charge < -0.3 is 10.6 Å². The van der Waals surface area contributed by atoms with E-state index in [2.05, 4.69) is 24.0 Å². The Hall–Kier alpha value is -1.65. The molecule has 1 aliphatic heterocycles. The molecule has 5 heteroatoms. The van der Waals surface area contributed by atoms with Crippen molar-refractivity contribution >= 4 is 11.7 Å². The van der Waals surface area contributed by atoms with Crippen molar-refractivity contribution in [2.45, 2.75) is 32.7 Å². The normalized spacial score (nSPS) is 24.7. The van der Waals surface area contributed by atoms with Crippen molar-refractivity contribution < 1.29 is 4.79 Å². The number of anilines is 1. The van der Waals surface area contributed by atoms with E-state index in [1.54, 1.807) is 12.1 Å². The Balaban J connectivity index is 2.16. The summed E-state index contributed by atoms with van der Waals surface area (Å²) >= 11 is 0. The van der Waals surface area contributed by atoms with Crippen LogP contribution in [0.2, 0.25) is 0 Å². The lowest BCUT2D eigenvalue weighted by molar-refractivity contribution is 0.0544. The highest BCUT2D eigenvalue weighted by atomic mass is 16.2. The van der Waals surface area contributed by atoms with Crippen LogP contribution in [0, 0.1) is 5.92 Å². The maximum atomic E-state index is 12.2. The van der Waals surface area contributed by atoms with Crippen molar-refractivity contribution in [1.82, 2.24) is 15.1 Å². The fourth-order valence-electron chi connectivity index (χ4n) is 2.23. The number of likely N-dealkylation sites (tertiary alicyclic amines) is 1. The van der Waals surface area contributed by atoms with E-state index in [1.165, 1.54) is 6.42 Å². The molecule has 2 N–H and O–H groups in total. The minimum atomic E-state index is -0.0449. The van der Waals surface area contributed by atoms with Gasteiger partial charge in [-0.25, -0.2) is 0 Å². The van der Waals surface area contributed by atoms with Crippen LogP contribution in [0.5, 0.6) is 0 Å². The number of carbonyl (C=O) groups excluding carboxylic acids is 1. The summed E-state index contributed by atoms with van der Waals surface area (Å²) in [4.78, 5) is 14.1. The summed E-state index contributed by atoms with van der Waals surface area (Å²) in [6.45, 7) is 5.07. The summed E-state index contributed by atoms with van der Waals surface area (Å²) < 4.78 is 0. The molecule has 0 radical (unpaired) electrons. The number of aromatic nitrogens is 2. The molecule has 2 unspecified atom stereocenters. The minimum absolute atomic E-state index is 0.0449. The predicted molar refractivity (Wildman–Crippen MR) is 65.3 cm³/mol. The Morgan fingerprint density at radius 1 is 1.41 bits per heavy atom. The third-order valence-corrected chi connectivity index (χ3v) is 3.54. The first-order chi connectivity index (χ1) is 8.09. The van der Waals surface area contributed by atoms with E-state index < -0.39 is 0 Å². The van der Waals surface area contributed by atoms with Gasteiger partial charge in [0.05, 0.1) is 0 Å². The number of nitrogen functional groups attached to an aromatic ring is 1. The molecule has 92 valence electrons. The average Bonchev–Trinajstić information content (AvgIpc) is 2.33. The molecule has 0 aromatic carbocycles. The molecule has 1 aliphatic rings. The molecule has 0 bridgehead atoms. The first-order valence-electron chi connectivity index (χ1n) is 6.00. The lowest BCUT2D eigenvalue weighted by Gasteiger charge is -2.37. The third-order valence-electron chi connectivity index (χ3n) is 3.54. The van der Waals surface area contributed by atoms with Crippen LogP contribution in [0.3, 0.4) is 0 Å². The summed E-state index contributed by atoms with van der Waals surface area (Å²) in [6, 6.07) is 3.50. The molecular weight excluding hydrogens is 216 g/mol. The van der Waals surface area contributed by atoms with Gasteiger partial charge in [-0.1, -0.05) is 6.92 Å². The molecule has 2 atom stereocenters. The maximum Gasteiger partial charge on any atom is 0.274 e. The van der Waals surface area contributed by atoms with E-state index in [4.69, 9.17) is 5.73 Å². The predicted octanol–water partition coefficient (Wildman–Crippen LogP) is 1.32. The van der Waals surface area contributed by atoms with Gasteiger partial charge in [0.25, 0.3) is 5.91 Å². The second-order valence-corrected chi connectivity index (χ2v) is 4.70. The van der Waals surface area contributed by atoms with Gasteiger partial charge in [-0.05, 0) is 37.8 Å². The van der Waals surface area contributed by atoms with E-state index in [-0.39, 0.29) is 11.9 Å². The Kier molecular flexibility index (Phi) is 3.26.